The van der Waals surface area contributed by atoms with Gasteiger partial charge in [-0.3, -0.25) is 4.79 Å². The van der Waals surface area contributed by atoms with Gasteiger partial charge in [0.1, 0.15) is 0 Å². The number of carbonyl (C=O) groups is 1. The molecular formula is C17H36O5SSi. The van der Waals surface area contributed by atoms with Crippen molar-refractivity contribution in [3.8, 4) is 0 Å². The molecule has 0 amide bonds. The van der Waals surface area contributed by atoms with E-state index in [0.717, 1.165) is 43.9 Å². The summed E-state index contributed by atoms with van der Waals surface area (Å²) in [5, 5.41) is 9.32. The zero-order valence-corrected chi connectivity index (χ0v) is 17.7. The van der Waals surface area contributed by atoms with Gasteiger partial charge >= 0.3 is 14.8 Å². The number of aliphatic carboxylic acids is 1. The van der Waals surface area contributed by atoms with Crippen LogP contribution in [-0.4, -0.2) is 50.7 Å². The molecule has 0 spiro atoms. The lowest BCUT2D eigenvalue weighted by atomic mass is 10.1. The van der Waals surface area contributed by atoms with Crippen LogP contribution in [0.5, 0.6) is 0 Å². The van der Waals surface area contributed by atoms with E-state index >= 15 is 0 Å². The van der Waals surface area contributed by atoms with E-state index in [1.165, 1.54) is 0 Å². The number of carboxylic acids is 1. The fourth-order valence-electron chi connectivity index (χ4n) is 2.65. The van der Waals surface area contributed by atoms with E-state index < -0.39 is 14.8 Å². The number of hydrogen-bond acceptors (Lipinski definition) is 5. The van der Waals surface area contributed by atoms with Crippen LogP contribution in [0.1, 0.15) is 66.2 Å². The highest BCUT2D eigenvalue weighted by Gasteiger charge is 2.39. The van der Waals surface area contributed by atoms with Gasteiger partial charge in [0, 0.05) is 37.5 Å². The molecule has 0 aliphatic carbocycles. The van der Waals surface area contributed by atoms with Crippen LogP contribution >= 0.6 is 11.8 Å². The first-order chi connectivity index (χ1) is 11.5. The van der Waals surface area contributed by atoms with Gasteiger partial charge in [-0.05, 0) is 52.2 Å². The molecule has 0 saturated heterocycles. The summed E-state index contributed by atoms with van der Waals surface area (Å²) in [6, 6.07) is 0.851. The minimum Gasteiger partial charge on any atom is -0.481 e. The molecule has 0 aromatic carbocycles. The summed E-state index contributed by atoms with van der Waals surface area (Å²) in [6.45, 7) is 9.98. The standard InChI is InChI=1S/C17H36O5SSi/c1-5-11-16(12-9-13-17(18)19)23-14-10-15-24(20-6-2,21-7-3)22-8-4/h16H,5-15H2,1-4H3,(H,18,19). The van der Waals surface area contributed by atoms with Crippen molar-refractivity contribution in [2.45, 2.75) is 77.5 Å². The molecule has 1 atom stereocenters. The Balaban J connectivity index is 4.27. The van der Waals surface area contributed by atoms with Crippen molar-refractivity contribution < 1.29 is 23.2 Å². The predicted octanol–water partition coefficient (Wildman–Crippen LogP) is 4.58. The molecule has 0 radical (unpaired) electrons. The molecule has 0 bridgehead atoms. The molecule has 0 aromatic rings. The lowest BCUT2D eigenvalue weighted by molar-refractivity contribution is -0.137. The molecule has 5 nitrogen and oxygen atoms in total. The highest BCUT2D eigenvalue weighted by Crippen LogP contribution is 2.26. The van der Waals surface area contributed by atoms with Gasteiger partial charge in [0.25, 0.3) is 0 Å². The maximum Gasteiger partial charge on any atom is 0.500 e. The van der Waals surface area contributed by atoms with E-state index in [0.29, 0.717) is 25.1 Å². The van der Waals surface area contributed by atoms with Crippen LogP contribution in [0.25, 0.3) is 0 Å². The van der Waals surface area contributed by atoms with E-state index in [-0.39, 0.29) is 6.42 Å². The third-order valence-corrected chi connectivity index (χ3v) is 8.22. The van der Waals surface area contributed by atoms with Crippen LogP contribution < -0.4 is 0 Å². The molecule has 7 heteroatoms. The summed E-state index contributed by atoms with van der Waals surface area (Å²) in [6.07, 6.45) is 5.32. The smallest absolute Gasteiger partial charge is 0.481 e. The van der Waals surface area contributed by atoms with Crippen LogP contribution in [0.3, 0.4) is 0 Å². The summed E-state index contributed by atoms with van der Waals surface area (Å²) in [4.78, 5) is 10.7. The first-order valence-corrected chi connectivity index (χ1v) is 12.3. The minimum absolute atomic E-state index is 0.274. The summed E-state index contributed by atoms with van der Waals surface area (Å²) in [5.41, 5.74) is 0. The van der Waals surface area contributed by atoms with Crippen LogP contribution in [0.2, 0.25) is 6.04 Å². The average Bonchev–Trinajstić information content (AvgIpc) is 2.52. The molecular weight excluding hydrogens is 344 g/mol. The Bertz CT molecular complexity index is 300. The Morgan fingerprint density at radius 3 is 2.04 bits per heavy atom. The minimum atomic E-state index is -2.52. The molecule has 0 rings (SSSR count). The molecule has 0 aliphatic rings. The van der Waals surface area contributed by atoms with E-state index in [9.17, 15) is 4.79 Å². The normalized spacial score (nSPS) is 13.2. The quantitative estimate of drug-likeness (QED) is 0.294. The van der Waals surface area contributed by atoms with Gasteiger partial charge in [0.2, 0.25) is 0 Å². The van der Waals surface area contributed by atoms with Crippen LogP contribution in [0.15, 0.2) is 0 Å². The Kier molecular flexibility index (Phi) is 15.1. The topological polar surface area (TPSA) is 65.0 Å². The van der Waals surface area contributed by atoms with Crippen LogP contribution in [-0.2, 0) is 18.1 Å². The molecule has 0 saturated carbocycles. The van der Waals surface area contributed by atoms with Crippen LogP contribution in [0, 0.1) is 0 Å². The zero-order chi connectivity index (χ0) is 18.3. The molecule has 144 valence electrons. The Morgan fingerprint density at radius 2 is 1.58 bits per heavy atom. The number of hydrogen-bond donors (Lipinski definition) is 1. The van der Waals surface area contributed by atoms with Crippen LogP contribution in [0.4, 0.5) is 0 Å². The van der Waals surface area contributed by atoms with Crippen molar-refractivity contribution in [2.24, 2.45) is 0 Å². The van der Waals surface area contributed by atoms with E-state index in [4.69, 9.17) is 18.4 Å². The SMILES string of the molecule is CCCC(CCCC(=O)O)SCCC[Si](OCC)(OCC)OCC. The molecule has 24 heavy (non-hydrogen) atoms. The number of rotatable bonds is 17. The second-order valence-corrected chi connectivity index (χ2v) is 9.79. The maximum atomic E-state index is 10.7. The van der Waals surface area contributed by atoms with E-state index in [1.54, 1.807) is 0 Å². The van der Waals surface area contributed by atoms with Gasteiger partial charge in [-0.25, -0.2) is 0 Å². The van der Waals surface area contributed by atoms with Gasteiger partial charge in [-0.15, -0.1) is 0 Å². The number of thioether (sulfide) groups is 1. The lowest BCUT2D eigenvalue weighted by Gasteiger charge is -2.28. The van der Waals surface area contributed by atoms with Gasteiger partial charge in [0.05, 0.1) is 0 Å². The van der Waals surface area contributed by atoms with Crippen molar-refractivity contribution in [3.63, 3.8) is 0 Å². The fourth-order valence-corrected chi connectivity index (χ4v) is 6.90. The van der Waals surface area contributed by atoms with Crippen molar-refractivity contribution in [1.29, 1.82) is 0 Å². The molecule has 0 aromatic heterocycles. The van der Waals surface area contributed by atoms with Gasteiger partial charge < -0.3 is 18.4 Å². The van der Waals surface area contributed by atoms with Gasteiger partial charge in [-0.1, -0.05) is 13.3 Å². The fraction of sp³-hybridized carbons (Fsp3) is 0.941. The van der Waals surface area contributed by atoms with Crippen molar-refractivity contribution in [2.75, 3.05) is 25.6 Å². The zero-order valence-electron chi connectivity index (χ0n) is 15.8. The molecule has 1 unspecified atom stereocenters. The highest BCUT2D eigenvalue weighted by atomic mass is 32.2. The third kappa shape index (κ3) is 11.5. The predicted molar refractivity (Wildman–Crippen MR) is 103 cm³/mol. The van der Waals surface area contributed by atoms with Crippen molar-refractivity contribution in [1.82, 2.24) is 0 Å². The van der Waals surface area contributed by atoms with E-state index in [2.05, 4.69) is 6.92 Å². The first kappa shape index (κ1) is 23.9. The Hall–Kier alpha value is -0.0831. The monoisotopic (exact) mass is 380 g/mol. The molecule has 0 heterocycles. The molecule has 0 aliphatic heterocycles. The average molecular weight is 381 g/mol. The summed E-state index contributed by atoms with van der Waals surface area (Å²) in [5.74, 6) is 0.343. The largest absolute Gasteiger partial charge is 0.500 e. The summed E-state index contributed by atoms with van der Waals surface area (Å²) < 4.78 is 17.6. The van der Waals surface area contributed by atoms with Gasteiger partial charge in [0.15, 0.2) is 0 Å². The third-order valence-electron chi connectivity index (χ3n) is 3.60. The summed E-state index contributed by atoms with van der Waals surface area (Å²) >= 11 is 1.96. The molecule has 0 fully saturated rings. The number of carboxylic acid groups (broad SMARTS) is 1. The van der Waals surface area contributed by atoms with Crippen molar-refractivity contribution in [3.05, 3.63) is 0 Å². The Morgan fingerprint density at radius 1 is 1.00 bits per heavy atom. The summed E-state index contributed by atoms with van der Waals surface area (Å²) in [7, 11) is -2.52. The Labute approximate surface area is 153 Å². The molecule has 1 N–H and O–H groups in total. The lowest BCUT2D eigenvalue weighted by Crippen LogP contribution is -2.46. The second kappa shape index (κ2) is 15.2. The second-order valence-electron chi connectivity index (χ2n) is 5.65. The van der Waals surface area contributed by atoms with Crippen molar-refractivity contribution >= 4 is 26.5 Å². The maximum absolute atomic E-state index is 10.7. The van der Waals surface area contributed by atoms with E-state index in [1.807, 2.05) is 32.5 Å². The first-order valence-electron chi connectivity index (χ1n) is 9.28. The van der Waals surface area contributed by atoms with Gasteiger partial charge in [-0.2, -0.15) is 11.8 Å². The highest BCUT2D eigenvalue weighted by molar-refractivity contribution is 7.99.